The number of thiazole rings is 1. The molecule has 3 rings (SSSR count). The number of fused-ring (bicyclic) bond motifs is 1. The molecule has 7 nitrogen and oxygen atoms in total. The first kappa shape index (κ1) is 14.1. The minimum atomic E-state index is -3.87. The van der Waals surface area contributed by atoms with Gasteiger partial charge >= 0.3 is 0 Å². The van der Waals surface area contributed by atoms with Gasteiger partial charge in [0.05, 0.1) is 19.0 Å². The number of hydrogen-bond acceptors (Lipinski definition) is 6. The van der Waals surface area contributed by atoms with Crippen molar-refractivity contribution >= 4 is 43.6 Å². The van der Waals surface area contributed by atoms with E-state index in [2.05, 4.69) is 14.7 Å². The second kappa shape index (κ2) is 5.17. The molecule has 0 atom stereocenters. The maximum atomic E-state index is 12.4. The first-order chi connectivity index (χ1) is 10.0. The maximum absolute atomic E-state index is 12.4. The standard InChI is InChI=1S/C11H9ClN4O3S2/c1-19-8-3-2-7(6-13-8)15-21(17,18)10-9(12)14-11-16(10)4-5-20-11/h2-6,15H,1H3. The van der Waals surface area contributed by atoms with Gasteiger partial charge in [0.15, 0.2) is 15.1 Å². The molecule has 0 fully saturated rings. The number of hydrogen-bond donors (Lipinski definition) is 1. The van der Waals surface area contributed by atoms with Crippen LogP contribution in [0.5, 0.6) is 5.88 Å². The van der Waals surface area contributed by atoms with Gasteiger partial charge in [-0.3, -0.25) is 9.12 Å². The smallest absolute Gasteiger partial charge is 0.281 e. The van der Waals surface area contributed by atoms with Crippen molar-refractivity contribution in [3.05, 3.63) is 35.1 Å². The van der Waals surface area contributed by atoms with Crippen molar-refractivity contribution in [3.8, 4) is 5.88 Å². The van der Waals surface area contributed by atoms with Crippen molar-refractivity contribution in [2.75, 3.05) is 11.8 Å². The fraction of sp³-hybridized carbons (Fsp3) is 0.0909. The third-order valence-electron chi connectivity index (χ3n) is 2.63. The highest BCUT2D eigenvalue weighted by Gasteiger charge is 2.25. The summed E-state index contributed by atoms with van der Waals surface area (Å²) in [6, 6.07) is 3.10. The number of pyridine rings is 1. The van der Waals surface area contributed by atoms with E-state index in [1.54, 1.807) is 23.7 Å². The summed E-state index contributed by atoms with van der Waals surface area (Å²) in [4.78, 5) is 8.44. The molecule has 110 valence electrons. The summed E-state index contributed by atoms with van der Waals surface area (Å²) >= 11 is 7.22. The lowest BCUT2D eigenvalue weighted by Crippen LogP contribution is -2.15. The monoisotopic (exact) mass is 344 g/mol. The largest absolute Gasteiger partial charge is 0.481 e. The van der Waals surface area contributed by atoms with E-state index in [1.165, 1.54) is 29.0 Å². The van der Waals surface area contributed by atoms with Crippen LogP contribution in [0.25, 0.3) is 4.96 Å². The van der Waals surface area contributed by atoms with Gasteiger partial charge < -0.3 is 4.74 Å². The Hall–Kier alpha value is -1.84. The van der Waals surface area contributed by atoms with Crippen molar-refractivity contribution in [2.45, 2.75) is 5.03 Å². The second-order valence-electron chi connectivity index (χ2n) is 3.96. The van der Waals surface area contributed by atoms with Gasteiger partial charge in [-0.1, -0.05) is 11.6 Å². The third-order valence-corrected chi connectivity index (χ3v) is 5.17. The lowest BCUT2D eigenvalue weighted by Gasteiger charge is -2.07. The van der Waals surface area contributed by atoms with Crippen LogP contribution in [0, 0.1) is 0 Å². The van der Waals surface area contributed by atoms with Crippen molar-refractivity contribution in [3.63, 3.8) is 0 Å². The van der Waals surface area contributed by atoms with E-state index >= 15 is 0 Å². The summed E-state index contributed by atoms with van der Waals surface area (Å²) in [5.74, 6) is 0.389. The minimum Gasteiger partial charge on any atom is -0.481 e. The quantitative estimate of drug-likeness (QED) is 0.784. The van der Waals surface area contributed by atoms with Crippen molar-refractivity contribution < 1.29 is 13.2 Å². The highest BCUT2D eigenvalue weighted by Crippen LogP contribution is 2.27. The Morgan fingerprint density at radius 1 is 1.43 bits per heavy atom. The van der Waals surface area contributed by atoms with Gasteiger partial charge in [0.2, 0.25) is 5.88 Å². The third kappa shape index (κ3) is 2.55. The molecule has 0 unspecified atom stereocenters. The van der Waals surface area contributed by atoms with E-state index in [0.717, 1.165) is 0 Å². The molecule has 0 saturated heterocycles. The summed E-state index contributed by atoms with van der Waals surface area (Å²) in [5.41, 5.74) is 0.303. The Balaban J connectivity index is 1.99. The molecule has 10 heteroatoms. The Labute approximate surface area is 129 Å². The molecule has 0 amide bonds. The number of halogens is 1. The molecule has 0 saturated carbocycles. The lowest BCUT2D eigenvalue weighted by atomic mass is 10.4. The lowest BCUT2D eigenvalue weighted by molar-refractivity contribution is 0.398. The summed E-state index contributed by atoms with van der Waals surface area (Å²) in [5, 5.41) is 1.55. The SMILES string of the molecule is COc1ccc(NS(=O)(=O)c2c(Cl)nc3sccn23)cn1. The van der Waals surface area contributed by atoms with Crippen molar-refractivity contribution in [2.24, 2.45) is 0 Å². The Kier molecular flexibility index (Phi) is 3.47. The molecule has 21 heavy (non-hydrogen) atoms. The molecule has 0 aliphatic rings. The van der Waals surface area contributed by atoms with Crippen LogP contribution in [0.3, 0.4) is 0 Å². The van der Waals surface area contributed by atoms with Gasteiger partial charge in [0, 0.05) is 17.6 Å². The van der Waals surface area contributed by atoms with Gasteiger partial charge in [-0.15, -0.1) is 11.3 Å². The first-order valence-corrected chi connectivity index (χ1v) is 8.39. The molecule has 0 aromatic carbocycles. The predicted octanol–water partition coefficient (Wildman–Crippen LogP) is 2.25. The van der Waals surface area contributed by atoms with Gasteiger partial charge in [0.25, 0.3) is 10.0 Å². The maximum Gasteiger partial charge on any atom is 0.281 e. The van der Waals surface area contributed by atoms with Crippen LogP contribution in [0.2, 0.25) is 5.15 Å². The van der Waals surface area contributed by atoms with E-state index < -0.39 is 10.0 Å². The van der Waals surface area contributed by atoms with Gasteiger partial charge in [0.1, 0.15) is 0 Å². The highest BCUT2D eigenvalue weighted by molar-refractivity contribution is 7.92. The molecule has 1 N–H and O–H groups in total. The second-order valence-corrected chi connectivity index (χ2v) is 6.79. The van der Waals surface area contributed by atoms with Crippen LogP contribution in [-0.2, 0) is 10.0 Å². The topological polar surface area (TPSA) is 85.6 Å². The average molecular weight is 345 g/mol. The molecular weight excluding hydrogens is 336 g/mol. The number of rotatable bonds is 4. The van der Waals surface area contributed by atoms with E-state index in [0.29, 0.717) is 16.5 Å². The van der Waals surface area contributed by atoms with Crippen molar-refractivity contribution in [1.29, 1.82) is 0 Å². The zero-order chi connectivity index (χ0) is 15.0. The number of sulfonamides is 1. The molecule has 0 spiro atoms. The summed E-state index contributed by atoms with van der Waals surface area (Å²) < 4.78 is 33.6. The molecular formula is C11H9ClN4O3S2. The molecule has 0 bridgehead atoms. The van der Waals surface area contributed by atoms with Crippen LogP contribution in [0.1, 0.15) is 0 Å². The van der Waals surface area contributed by atoms with E-state index in [-0.39, 0.29) is 10.2 Å². The zero-order valence-electron chi connectivity index (χ0n) is 10.6. The Morgan fingerprint density at radius 3 is 2.90 bits per heavy atom. The number of aromatic nitrogens is 3. The number of methoxy groups -OCH3 is 1. The Morgan fingerprint density at radius 2 is 2.24 bits per heavy atom. The van der Waals surface area contributed by atoms with E-state index in [9.17, 15) is 8.42 Å². The van der Waals surface area contributed by atoms with Crippen LogP contribution in [-0.4, -0.2) is 29.9 Å². The number of ether oxygens (including phenoxy) is 1. The van der Waals surface area contributed by atoms with Crippen LogP contribution < -0.4 is 9.46 Å². The van der Waals surface area contributed by atoms with Crippen molar-refractivity contribution in [1.82, 2.24) is 14.4 Å². The summed E-state index contributed by atoms with van der Waals surface area (Å²) in [7, 11) is -2.39. The van der Waals surface area contributed by atoms with E-state index in [4.69, 9.17) is 16.3 Å². The molecule has 3 aromatic heterocycles. The minimum absolute atomic E-state index is 0.0733. The van der Waals surface area contributed by atoms with Gasteiger partial charge in [-0.2, -0.15) is 8.42 Å². The van der Waals surface area contributed by atoms with E-state index in [1.807, 2.05) is 0 Å². The van der Waals surface area contributed by atoms with Crippen LogP contribution in [0.4, 0.5) is 5.69 Å². The Bertz CT molecular complexity index is 886. The fourth-order valence-electron chi connectivity index (χ4n) is 1.74. The number of nitrogens with one attached hydrogen (secondary N) is 1. The number of imidazole rings is 1. The van der Waals surface area contributed by atoms with Crippen LogP contribution in [0.15, 0.2) is 34.9 Å². The molecule has 0 radical (unpaired) electrons. The normalized spacial score (nSPS) is 11.7. The van der Waals surface area contributed by atoms with Crippen LogP contribution >= 0.6 is 22.9 Å². The summed E-state index contributed by atoms with van der Waals surface area (Å²) in [6.07, 6.45) is 2.95. The molecule has 0 aliphatic heterocycles. The fourth-order valence-corrected chi connectivity index (χ4v) is 4.24. The number of nitrogens with zero attached hydrogens (tertiary/aromatic N) is 3. The summed E-state index contributed by atoms with van der Waals surface area (Å²) in [6.45, 7) is 0. The van der Waals surface area contributed by atoms with Gasteiger partial charge in [-0.25, -0.2) is 9.97 Å². The first-order valence-electron chi connectivity index (χ1n) is 5.65. The number of anilines is 1. The zero-order valence-corrected chi connectivity index (χ0v) is 13.0. The predicted molar refractivity (Wildman–Crippen MR) is 79.7 cm³/mol. The molecule has 3 heterocycles. The average Bonchev–Trinajstić information content (AvgIpc) is 2.98. The molecule has 3 aromatic rings. The highest BCUT2D eigenvalue weighted by atomic mass is 35.5. The molecule has 0 aliphatic carbocycles. The van der Waals surface area contributed by atoms with Gasteiger partial charge in [-0.05, 0) is 6.07 Å².